The van der Waals surface area contributed by atoms with Crippen molar-refractivity contribution in [2.45, 2.75) is 70.8 Å². The Morgan fingerprint density at radius 3 is 2.29 bits per heavy atom. The van der Waals surface area contributed by atoms with Gasteiger partial charge in [0.05, 0.1) is 11.5 Å². The van der Waals surface area contributed by atoms with Crippen LogP contribution >= 0.6 is 0 Å². The predicted molar refractivity (Wildman–Crippen MR) is 117 cm³/mol. The molecule has 0 radical (unpaired) electrons. The number of nitrogens with zero attached hydrogens (tertiary/aromatic N) is 3. The number of nitro groups is 1. The number of amides is 2. The lowest BCUT2D eigenvalue weighted by Gasteiger charge is -2.37. The highest BCUT2D eigenvalue weighted by molar-refractivity contribution is 6.06. The summed E-state index contributed by atoms with van der Waals surface area (Å²) >= 11 is 0. The van der Waals surface area contributed by atoms with E-state index in [2.05, 4.69) is 4.99 Å². The van der Waals surface area contributed by atoms with E-state index < -0.39 is 51.8 Å². The molecule has 2 aliphatic rings. The van der Waals surface area contributed by atoms with Gasteiger partial charge in [-0.05, 0) is 47.6 Å². The highest BCUT2D eigenvalue weighted by Crippen LogP contribution is 2.44. The van der Waals surface area contributed by atoms with Crippen molar-refractivity contribution < 1.29 is 37.9 Å². The number of hydrogen-bond acceptors (Lipinski definition) is 9. The molecule has 11 nitrogen and oxygen atoms in total. The molecule has 1 aromatic carbocycles. The maximum atomic E-state index is 15.0. The van der Waals surface area contributed by atoms with Gasteiger partial charge in [-0.25, -0.2) is 19.0 Å². The van der Waals surface area contributed by atoms with Crippen LogP contribution in [-0.4, -0.2) is 58.6 Å². The third-order valence-electron chi connectivity index (χ3n) is 4.96. The molecule has 3 rings (SSSR count). The van der Waals surface area contributed by atoms with Gasteiger partial charge in [0, 0.05) is 24.1 Å². The summed E-state index contributed by atoms with van der Waals surface area (Å²) in [7, 11) is 0. The Hall–Kier alpha value is -3.28. The van der Waals surface area contributed by atoms with E-state index in [1.54, 1.807) is 41.5 Å². The first kappa shape index (κ1) is 25.3. The van der Waals surface area contributed by atoms with Crippen LogP contribution in [0.3, 0.4) is 0 Å². The van der Waals surface area contributed by atoms with Crippen LogP contribution in [0, 0.1) is 15.9 Å². The third-order valence-corrected chi connectivity index (χ3v) is 4.96. The van der Waals surface area contributed by atoms with E-state index in [0.717, 1.165) is 18.2 Å². The Bertz CT molecular complexity index is 1000. The van der Waals surface area contributed by atoms with Crippen LogP contribution in [0.25, 0.3) is 0 Å². The van der Waals surface area contributed by atoms with E-state index in [-0.39, 0.29) is 30.9 Å². The quantitative estimate of drug-likeness (QED) is 0.452. The fraction of sp³-hybridized carbons (Fsp3) is 0.591. The molecule has 2 amide bonds. The van der Waals surface area contributed by atoms with Crippen LogP contribution in [0.15, 0.2) is 23.2 Å². The standard InChI is InChI=1S/C22H28FN3O8/c1-20(2,3)33-18(27)25(19(28)34-21(4,5)6)17-24-22(9-10-31-16(22)12-32-17)14-11-13(26(29)30)7-8-15(14)23/h7-8,11,16H,9-10,12H2,1-6H3/t16-,22+/m0/s1. The van der Waals surface area contributed by atoms with Gasteiger partial charge in [-0.3, -0.25) is 10.1 Å². The molecule has 0 saturated carbocycles. The molecule has 1 saturated heterocycles. The molecule has 186 valence electrons. The molecule has 2 aliphatic heterocycles. The molecule has 0 aromatic heterocycles. The molecule has 0 N–H and O–H groups in total. The van der Waals surface area contributed by atoms with Gasteiger partial charge in [0.25, 0.3) is 5.69 Å². The Morgan fingerprint density at radius 1 is 1.18 bits per heavy atom. The SMILES string of the molecule is CC(C)(C)OC(=O)N(C(=O)OC(C)(C)C)C1=N[C@@]2(c3cc([N+](=O)[O-])ccc3F)CCO[C@H]2CO1. The first-order valence-electron chi connectivity index (χ1n) is 10.7. The fourth-order valence-corrected chi connectivity index (χ4v) is 3.61. The molecule has 34 heavy (non-hydrogen) atoms. The van der Waals surface area contributed by atoms with Gasteiger partial charge in [-0.1, -0.05) is 0 Å². The van der Waals surface area contributed by atoms with Gasteiger partial charge in [-0.2, -0.15) is 0 Å². The second-order valence-electron chi connectivity index (χ2n) is 9.96. The Balaban J connectivity index is 2.13. The molecule has 0 bridgehead atoms. The summed E-state index contributed by atoms with van der Waals surface area (Å²) in [5, 5.41) is 11.3. The Kier molecular flexibility index (Phi) is 6.57. The number of carbonyl (C=O) groups is 2. The Morgan fingerprint density at radius 2 is 1.76 bits per heavy atom. The predicted octanol–water partition coefficient (Wildman–Crippen LogP) is 4.28. The van der Waals surface area contributed by atoms with Gasteiger partial charge < -0.3 is 18.9 Å². The van der Waals surface area contributed by atoms with E-state index in [1.165, 1.54) is 0 Å². The normalized spacial score (nSPS) is 22.2. The number of halogens is 1. The summed E-state index contributed by atoms with van der Waals surface area (Å²) in [6.45, 7) is 9.65. The lowest BCUT2D eigenvalue weighted by Crippen LogP contribution is -2.53. The highest BCUT2D eigenvalue weighted by atomic mass is 19.1. The van der Waals surface area contributed by atoms with E-state index in [0.29, 0.717) is 4.90 Å². The fourth-order valence-electron chi connectivity index (χ4n) is 3.61. The van der Waals surface area contributed by atoms with E-state index >= 15 is 0 Å². The molecule has 2 atom stereocenters. The monoisotopic (exact) mass is 481 g/mol. The van der Waals surface area contributed by atoms with Crippen molar-refractivity contribution in [1.29, 1.82) is 0 Å². The first-order valence-corrected chi connectivity index (χ1v) is 10.7. The molecule has 0 spiro atoms. The van der Waals surface area contributed by atoms with E-state index in [9.17, 15) is 24.1 Å². The van der Waals surface area contributed by atoms with Crippen LogP contribution in [0.2, 0.25) is 0 Å². The summed E-state index contributed by atoms with van der Waals surface area (Å²) in [6.07, 6.45) is -2.87. The van der Waals surface area contributed by atoms with E-state index in [1.807, 2.05) is 0 Å². The average molecular weight is 481 g/mol. The number of ether oxygens (including phenoxy) is 4. The Labute approximate surface area is 196 Å². The minimum atomic E-state index is -1.47. The largest absolute Gasteiger partial charge is 0.462 e. The summed E-state index contributed by atoms with van der Waals surface area (Å²) in [6, 6.07) is 2.62. The van der Waals surface area contributed by atoms with Crippen LogP contribution in [0.5, 0.6) is 0 Å². The van der Waals surface area contributed by atoms with Gasteiger partial charge in [-0.15, -0.1) is 4.90 Å². The number of non-ortho nitro benzene ring substituents is 1. The number of rotatable bonds is 2. The van der Waals surface area contributed by atoms with Gasteiger partial charge in [0.2, 0.25) is 0 Å². The average Bonchev–Trinajstić information content (AvgIpc) is 3.09. The summed E-state index contributed by atoms with van der Waals surface area (Å²) < 4.78 is 36.9. The van der Waals surface area contributed by atoms with Crippen molar-refractivity contribution in [1.82, 2.24) is 4.90 Å². The van der Waals surface area contributed by atoms with Crippen LogP contribution in [0.1, 0.15) is 53.5 Å². The minimum Gasteiger partial charge on any atom is -0.462 e. The number of hydrogen-bond donors (Lipinski definition) is 0. The first-order chi connectivity index (χ1) is 15.6. The van der Waals surface area contributed by atoms with Gasteiger partial charge >= 0.3 is 18.2 Å². The molecule has 1 fully saturated rings. The summed E-state index contributed by atoms with van der Waals surface area (Å²) in [5.74, 6) is -0.743. The summed E-state index contributed by atoms with van der Waals surface area (Å²) in [5.41, 5.74) is -3.83. The number of amidine groups is 1. The molecule has 1 aromatic rings. The third kappa shape index (κ3) is 5.27. The second kappa shape index (κ2) is 8.82. The zero-order valence-electron chi connectivity index (χ0n) is 19.9. The molecular formula is C22H28FN3O8. The number of carbonyl (C=O) groups excluding carboxylic acids is 2. The maximum Gasteiger partial charge on any atom is 0.428 e. The van der Waals surface area contributed by atoms with Crippen LogP contribution in [0.4, 0.5) is 19.7 Å². The number of aliphatic imine (C=N–C) groups is 1. The van der Waals surface area contributed by atoms with E-state index in [4.69, 9.17) is 18.9 Å². The maximum absolute atomic E-state index is 15.0. The molecule has 12 heteroatoms. The van der Waals surface area contributed by atoms with Crippen molar-refractivity contribution in [3.05, 3.63) is 39.7 Å². The zero-order chi connectivity index (χ0) is 25.5. The molecule has 0 unspecified atom stereocenters. The van der Waals surface area contributed by atoms with Crippen LogP contribution < -0.4 is 0 Å². The smallest absolute Gasteiger partial charge is 0.428 e. The van der Waals surface area contributed by atoms with Gasteiger partial charge in [0.1, 0.15) is 35.3 Å². The summed E-state index contributed by atoms with van der Waals surface area (Å²) in [4.78, 5) is 41.6. The van der Waals surface area contributed by atoms with Gasteiger partial charge in [0.15, 0.2) is 0 Å². The lowest BCUT2D eigenvalue weighted by molar-refractivity contribution is -0.385. The number of imide groups is 1. The molecule has 0 aliphatic carbocycles. The topological polar surface area (TPSA) is 130 Å². The molecular weight excluding hydrogens is 453 g/mol. The van der Waals surface area contributed by atoms with Crippen molar-refractivity contribution in [2.75, 3.05) is 13.2 Å². The highest BCUT2D eigenvalue weighted by Gasteiger charge is 2.53. The van der Waals surface area contributed by atoms with Crippen molar-refractivity contribution in [2.24, 2.45) is 4.99 Å². The van der Waals surface area contributed by atoms with Crippen molar-refractivity contribution in [3.63, 3.8) is 0 Å². The minimum absolute atomic E-state index is 0.0988. The molecule has 2 heterocycles. The number of benzene rings is 1. The zero-order valence-corrected chi connectivity index (χ0v) is 19.9. The number of fused-ring (bicyclic) bond motifs is 1. The lowest BCUT2D eigenvalue weighted by atomic mass is 9.83. The second-order valence-corrected chi connectivity index (χ2v) is 9.96. The van der Waals surface area contributed by atoms with Crippen molar-refractivity contribution >= 4 is 23.9 Å². The van der Waals surface area contributed by atoms with Crippen molar-refractivity contribution in [3.8, 4) is 0 Å². The van der Waals surface area contributed by atoms with Crippen LogP contribution in [-0.2, 0) is 24.5 Å². The number of nitro benzene ring substituents is 1.